The van der Waals surface area contributed by atoms with Crippen molar-refractivity contribution in [2.24, 2.45) is 0 Å². The molecule has 1 aliphatic rings. The fourth-order valence-corrected chi connectivity index (χ4v) is 3.62. The smallest absolute Gasteiger partial charge is 0.0289 e. The van der Waals surface area contributed by atoms with Gasteiger partial charge < -0.3 is 5.32 Å². The van der Waals surface area contributed by atoms with Crippen LogP contribution in [0.2, 0.25) is 0 Å². The molecule has 1 saturated carbocycles. The topological polar surface area (TPSA) is 12.0 Å². The highest BCUT2D eigenvalue weighted by Gasteiger charge is 2.14. The maximum Gasteiger partial charge on any atom is 0.0289 e. The fourth-order valence-electron chi connectivity index (χ4n) is 2.38. The van der Waals surface area contributed by atoms with Crippen molar-refractivity contribution in [3.8, 4) is 0 Å². The number of benzene rings is 1. The Hall–Kier alpha value is -0.470. The van der Waals surface area contributed by atoms with Gasteiger partial charge >= 0.3 is 0 Å². The summed E-state index contributed by atoms with van der Waals surface area (Å²) in [5, 5.41) is 4.13. The van der Waals surface area contributed by atoms with E-state index in [4.69, 9.17) is 0 Å². The van der Waals surface area contributed by atoms with Gasteiger partial charge in [0, 0.05) is 16.2 Å². The second-order valence-electron chi connectivity index (χ2n) is 4.96. The summed E-state index contributed by atoms with van der Waals surface area (Å²) >= 11 is 2.07. The van der Waals surface area contributed by atoms with Crippen molar-refractivity contribution in [3.05, 3.63) is 29.8 Å². The Morgan fingerprint density at radius 2 is 1.76 bits per heavy atom. The van der Waals surface area contributed by atoms with Crippen molar-refractivity contribution in [1.82, 2.24) is 5.32 Å². The molecule has 2 heteroatoms. The summed E-state index contributed by atoms with van der Waals surface area (Å²) in [5.74, 6) is 0. The Labute approximate surface area is 109 Å². The van der Waals surface area contributed by atoms with E-state index >= 15 is 0 Å². The van der Waals surface area contributed by atoms with E-state index in [0.717, 1.165) is 5.25 Å². The lowest BCUT2D eigenvalue weighted by Crippen LogP contribution is -2.12. The lowest BCUT2D eigenvalue weighted by molar-refractivity contribution is 0.516. The quantitative estimate of drug-likeness (QED) is 0.849. The maximum absolute atomic E-state index is 3.28. The van der Waals surface area contributed by atoms with Crippen LogP contribution in [0.15, 0.2) is 29.2 Å². The van der Waals surface area contributed by atoms with E-state index in [9.17, 15) is 0 Å². The van der Waals surface area contributed by atoms with Gasteiger partial charge in [-0.1, -0.05) is 31.4 Å². The summed E-state index contributed by atoms with van der Waals surface area (Å²) in [6, 6.07) is 9.52. The molecule has 1 aromatic rings. The lowest BCUT2D eigenvalue weighted by Gasteiger charge is -2.21. The molecule has 1 nitrogen and oxygen atoms in total. The average molecular weight is 249 g/mol. The van der Waals surface area contributed by atoms with Gasteiger partial charge in [0.05, 0.1) is 0 Å². The maximum atomic E-state index is 3.28. The Kier molecular flexibility index (Phi) is 4.93. The first-order chi connectivity index (χ1) is 8.29. The molecule has 1 N–H and O–H groups in total. The molecular formula is C15H23NS. The third-order valence-corrected chi connectivity index (χ3v) is 5.02. The zero-order valence-electron chi connectivity index (χ0n) is 10.9. The van der Waals surface area contributed by atoms with Crippen LogP contribution in [0.25, 0.3) is 0 Å². The van der Waals surface area contributed by atoms with Crippen LogP contribution in [0.4, 0.5) is 0 Å². The van der Waals surface area contributed by atoms with E-state index in [2.05, 4.69) is 48.3 Å². The third kappa shape index (κ3) is 3.75. The second kappa shape index (κ2) is 6.46. The molecule has 94 valence electrons. The number of rotatable bonds is 4. The molecule has 1 atom stereocenters. The van der Waals surface area contributed by atoms with Crippen molar-refractivity contribution in [2.45, 2.75) is 55.2 Å². The molecule has 0 saturated heterocycles. The molecule has 0 amide bonds. The largest absolute Gasteiger partial charge is 0.313 e. The molecule has 0 aliphatic heterocycles. The van der Waals surface area contributed by atoms with Gasteiger partial charge in [-0.25, -0.2) is 0 Å². The molecule has 0 aromatic heterocycles. The van der Waals surface area contributed by atoms with Crippen LogP contribution in [0.1, 0.15) is 50.6 Å². The number of hydrogen-bond acceptors (Lipinski definition) is 2. The van der Waals surface area contributed by atoms with Crippen molar-refractivity contribution in [1.29, 1.82) is 0 Å². The van der Waals surface area contributed by atoms with E-state index in [0.29, 0.717) is 6.04 Å². The first kappa shape index (κ1) is 13.0. The van der Waals surface area contributed by atoms with Gasteiger partial charge in [-0.2, -0.15) is 0 Å². The molecule has 0 radical (unpaired) electrons. The van der Waals surface area contributed by atoms with Gasteiger partial charge in [0.2, 0.25) is 0 Å². The Bertz CT molecular complexity index is 327. The standard InChI is InChI=1S/C15H23NS/c1-12(16-2)13-8-10-15(11-9-13)17-14-6-4-3-5-7-14/h8-12,14,16H,3-7H2,1-2H3. The molecule has 0 heterocycles. The lowest BCUT2D eigenvalue weighted by atomic mass is 10.0. The highest BCUT2D eigenvalue weighted by Crippen LogP contribution is 2.33. The van der Waals surface area contributed by atoms with Crippen LogP contribution in [0.3, 0.4) is 0 Å². The Morgan fingerprint density at radius 3 is 2.35 bits per heavy atom. The van der Waals surface area contributed by atoms with E-state index < -0.39 is 0 Å². The van der Waals surface area contributed by atoms with Crippen molar-refractivity contribution >= 4 is 11.8 Å². The monoisotopic (exact) mass is 249 g/mol. The third-order valence-electron chi connectivity index (χ3n) is 3.67. The molecule has 0 spiro atoms. The van der Waals surface area contributed by atoms with Crippen LogP contribution in [0.5, 0.6) is 0 Å². The first-order valence-electron chi connectivity index (χ1n) is 6.73. The van der Waals surface area contributed by atoms with Crippen molar-refractivity contribution < 1.29 is 0 Å². The van der Waals surface area contributed by atoms with Crippen LogP contribution >= 0.6 is 11.8 Å². The average Bonchev–Trinajstić information content (AvgIpc) is 2.40. The van der Waals surface area contributed by atoms with E-state index in [1.54, 1.807) is 0 Å². The van der Waals surface area contributed by atoms with Crippen molar-refractivity contribution in [3.63, 3.8) is 0 Å². The predicted molar refractivity (Wildman–Crippen MR) is 76.6 cm³/mol. The van der Waals surface area contributed by atoms with Crippen LogP contribution in [0, 0.1) is 0 Å². The fraction of sp³-hybridized carbons (Fsp3) is 0.600. The zero-order valence-corrected chi connectivity index (χ0v) is 11.7. The van der Waals surface area contributed by atoms with Gasteiger partial charge in [0.1, 0.15) is 0 Å². The van der Waals surface area contributed by atoms with Gasteiger partial charge in [0.15, 0.2) is 0 Å². The van der Waals surface area contributed by atoms with Gasteiger partial charge in [-0.15, -0.1) is 11.8 Å². The minimum atomic E-state index is 0.448. The van der Waals surface area contributed by atoms with Gasteiger partial charge in [-0.3, -0.25) is 0 Å². The summed E-state index contributed by atoms with van der Waals surface area (Å²) in [5.41, 5.74) is 1.38. The molecule has 1 aliphatic carbocycles. The normalized spacial score (nSPS) is 19.2. The number of thioether (sulfide) groups is 1. The summed E-state index contributed by atoms with van der Waals surface area (Å²) in [7, 11) is 2.01. The number of hydrogen-bond donors (Lipinski definition) is 1. The molecule has 1 unspecified atom stereocenters. The number of nitrogens with one attached hydrogen (secondary N) is 1. The van der Waals surface area contributed by atoms with Gasteiger partial charge in [-0.05, 0) is 44.5 Å². The molecular weight excluding hydrogens is 226 g/mol. The highest BCUT2D eigenvalue weighted by atomic mass is 32.2. The van der Waals surface area contributed by atoms with Crippen LogP contribution in [-0.2, 0) is 0 Å². The second-order valence-corrected chi connectivity index (χ2v) is 6.33. The molecule has 1 aromatic carbocycles. The molecule has 17 heavy (non-hydrogen) atoms. The van der Waals surface area contributed by atoms with Crippen LogP contribution in [-0.4, -0.2) is 12.3 Å². The highest BCUT2D eigenvalue weighted by molar-refractivity contribution is 8.00. The first-order valence-corrected chi connectivity index (χ1v) is 7.61. The Balaban J connectivity index is 1.93. The zero-order chi connectivity index (χ0) is 12.1. The summed E-state index contributed by atoms with van der Waals surface area (Å²) < 4.78 is 0. The molecule has 1 fully saturated rings. The minimum Gasteiger partial charge on any atom is -0.313 e. The van der Waals surface area contributed by atoms with E-state index in [1.807, 2.05) is 7.05 Å². The van der Waals surface area contributed by atoms with Crippen molar-refractivity contribution in [2.75, 3.05) is 7.05 Å². The molecule has 2 rings (SSSR count). The van der Waals surface area contributed by atoms with Gasteiger partial charge in [0.25, 0.3) is 0 Å². The summed E-state index contributed by atoms with van der Waals surface area (Å²) in [6.07, 6.45) is 7.09. The van der Waals surface area contributed by atoms with E-state index in [-0.39, 0.29) is 0 Å². The Morgan fingerprint density at radius 1 is 1.12 bits per heavy atom. The van der Waals surface area contributed by atoms with Crippen LogP contribution < -0.4 is 5.32 Å². The SMILES string of the molecule is CNC(C)c1ccc(SC2CCCCC2)cc1. The predicted octanol–water partition coefficient (Wildman–Crippen LogP) is 4.39. The molecule has 0 bridgehead atoms. The summed E-state index contributed by atoms with van der Waals surface area (Å²) in [4.78, 5) is 1.43. The van der Waals surface area contributed by atoms with E-state index in [1.165, 1.54) is 42.6 Å². The minimum absolute atomic E-state index is 0.448. The summed E-state index contributed by atoms with van der Waals surface area (Å²) in [6.45, 7) is 2.20.